The number of hydrogen-bond donors (Lipinski definition) is 1. The van der Waals surface area contributed by atoms with Crippen LogP contribution in [0.2, 0.25) is 0 Å². The molecule has 1 aliphatic rings. The maximum absolute atomic E-state index is 12.5. The zero-order chi connectivity index (χ0) is 22.0. The van der Waals surface area contributed by atoms with Gasteiger partial charge < -0.3 is 19.7 Å². The van der Waals surface area contributed by atoms with Crippen LogP contribution in [0.4, 0.5) is 0 Å². The zero-order valence-corrected chi connectivity index (χ0v) is 21.8. The molecule has 1 heterocycles. The Morgan fingerprint density at radius 3 is 2.55 bits per heavy atom. The van der Waals surface area contributed by atoms with Gasteiger partial charge in [-0.2, -0.15) is 4.31 Å². The van der Waals surface area contributed by atoms with Gasteiger partial charge in [0.15, 0.2) is 5.96 Å². The molecule has 0 aromatic heterocycles. The molecule has 0 saturated carbocycles. The molecule has 1 aliphatic heterocycles. The van der Waals surface area contributed by atoms with E-state index in [0.717, 1.165) is 17.3 Å². The third-order valence-corrected chi connectivity index (χ3v) is 6.54. The summed E-state index contributed by atoms with van der Waals surface area (Å²) < 4.78 is 37.7. The highest BCUT2D eigenvalue weighted by Gasteiger charge is 2.28. The van der Waals surface area contributed by atoms with Crippen LogP contribution in [0.1, 0.15) is 19.4 Å². The van der Waals surface area contributed by atoms with Crippen LogP contribution < -0.4 is 10.1 Å². The van der Waals surface area contributed by atoms with Crippen molar-refractivity contribution >= 4 is 40.0 Å². The monoisotopic (exact) mass is 566 g/mol. The number of aliphatic imine (C=N–C) groups is 1. The zero-order valence-electron chi connectivity index (χ0n) is 18.6. The van der Waals surface area contributed by atoms with Crippen LogP contribution in [0.5, 0.6) is 5.75 Å². The molecule has 1 fully saturated rings. The predicted octanol–water partition coefficient (Wildman–Crippen LogP) is 2.32. The fourth-order valence-electron chi connectivity index (χ4n) is 3.14. The maximum Gasteiger partial charge on any atom is 0.216 e. The first-order valence-electron chi connectivity index (χ1n) is 10.2. The second-order valence-corrected chi connectivity index (χ2v) is 9.32. The SMILES string of the molecule is C=CCOc1ccccc1CNC(=NC)N1CCN(S(=O)(=O)CCOC(C)C)CC1.I. The molecule has 0 spiro atoms. The average Bonchev–Trinajstić information content (AvgIpc) is 2.73. The van der Waals surface area contributed by atoms with E-state index in [-0.39, 0.29) is 42.4 Å². The molecule has 1 N–H and O–H groups in total. The van der Waals surface area contributed by atoms with Gasteiger partial charge in [0.05, 0.1) is 18.5 Å². The van der Waals surface area contributed by atoms with Crippen LogP contribution in [0.15, 0.2) is 41.9 Å². The molecule has 1 saturated heterocycles. The highest BCUT2D eigenvalue weighted by Crippen LogP contribution is 2.18. The van der Waals surface area contributed by atoms with Crippen LogP contribution in [0.3, 0.4) is 0 Å². The lowest BCUT2D eigenvalue weighted by molar-refractivity contribution is 0.0904. The lowest BCUT2D eigenvalue weighted by Crippen LogP contribution is -2.54. The van der Waals surface area contributed by atoms with E-state index in [4.69, 9.17) is 9.47 Å². The third-order valence-electron chi connectivity index (χ3n) is 4.70. The minimum atomic E-state index is -3.31. The van der Waals surface area contributed by atoms with Gasteiger partial charge >= 0.3 is 0 Å². The number of ether oxygens (including phenoxy) is 2. The normalized spacial score (nSPS) is 15.5. The summed E-state index contributed by atoms with van der Waals surface area (Å²) in [4.78, 5) is 6.43. The molecule has 2 rings (SSSR count). The molecule has 31 heavy (non-hydrogen) atoms. The Hall–Kier alpha value is -1.37. The lowest BCUT2D eigenvalue weighted by atomic mass is 10.2. The number of para-hydroxylation sites is 1. The largest absolute Gasteiger partial charge is 0.489 e. The van der Waals surface area contributed by atoms with Gasteiger partial charge in [0.2, 0.25) is 10.0 Å². The second kappa shape index (κ2) is 13.9. The molecule has 0 unspecified atom stereocenters. The molecule has 0 radical (unpaired) electrons. The lowest BCUT2D eigenvalue weighted by Gasteiger charge is -2.36. The first-order valence-corrected chi connectivity index (χ1v) is 11.8. The Morgan fingerprint density at radius 1 is 1.26 bits per heavy atom. The Balaban J connectivity index is 0.00000480. The second-order valence-electron chi connectivity index (χ2n) is 7.23. The van der Waals surface area contributed by atoms with Gasteiger partial charge in [-0.15, -0.1) is 24.0 Å². The van der Waals surface area contributed by atoms with Gasteiger partial charge in [-0.25, -0.2) is 8.42 Å². The Labute approximate surface area is 203 Å². The van der Waals surface area contributed by atoms with E-state index in [0.29, 0.717) is 39.3 Å². The van der Waals surface area contributed by atoms with Crippen molar-refractivity contribution in [2.75, 3.05) is 52.2 Å². The van der Waals surface area contributed by atoms with Crippen molar-refractivity contribution in [3.63, 3.8) is 0 Å². The molecule has 1 aromatic carbocycles. The molecule has 0 bridgehead atoms. The Kier molecular flexibility index (Phi) is 12.4. The Morgan fingerprint density at radius 2 is 1.94 bits per heavy atom. The fraction of sp³-hybridized carbons (Fsp3) is 0.571. The van der Waals surface area contributed by atoms with E-state index in [1.807, 2.05) is 38.1 Å². The summed E-state index contributed by atoms with van der Waals surface area (Å²) in [6.07, 6.45) is 1.74. The first-order chi connectivity index (χ1) is 14.4. The van der Waals surface area contributed by atoms with Crippen LogP contribution in [-0.4, -0.2) is 81.9 Å². The third kappa shape index (κ3) is 8.95. The van der Waals surface area contributed by atoms with Crippen molar-refractivity contribution in [2.45, 2.75) is 26.5 Å². The van der Waals surface area contributed by atoms with Crippen molar-refractivity contribution < 1.29 is 17.9 Å². The van der Waals surface area contributed by atoms with Crippen LogP contribution in [0, 0.1) is 0 Å². The van der Waals surface area contributed by atoms with Crippen molar-refractivity contribution in [2.24, 2.45) is 4.99 Å². The van der Waals surface area contributed by atoms with Gasteiger partial charge in [0.1, 0.15) is 12.4 Å². The molecular weight excluding hydrogens is 531 g/mol. The van der Waals surface area contributed by atoms with Crippen LogP contribution >= 0.6 is 24.0 Å². The number of piperazine rings is 1. The minimum absolute atomic E-state index is 0. The van der Waals surface area contributed by atoms with Crippen LogP contribution in [-0.2, 0) is 21.3 Å². The number of nitrogens with zero attached hydrogens (tertiary/aromatic N) is 3. The maximum atomic E-state index is 12.5. The summed E-state index contributed by atoms with van der Waals surface area (Å²) in [6, 6.07) is 7.83. The van der Waals surface area contributed by atoms with Gasteiger partial charge in [-0.3, -0.25) is 4.99 Å². The molecular formula is C21H35IN4O4S. The number of benzene rings is 1. The van der Waals surface area contributed by atoms with Crippen LogP contribution in [0.25, 0.3) is 0 Å². The van der Waals surface area contributed by atoms with Gasteiger partial charge in [-0.05, 0) is 19.9 Å². The topological polar surface area (TPSA) is 83.5 Å². The van der Waals surface area contributed by atoms with E-state index in [9.17, 15) is 8.42 Å². The summed E-state index contributed by atoms with van der Waals surface area (Å²) in [5.41, 5.74) is 1.02. The van der Waals surface area contributed by atoms with Crippen molar-refractivity contribution in [1.82, 2.24) is 14.5 Å². The molecule has 0 amide bonds. The highest BCUT2D eigenvalue weighted by molar-refractivity contribution is 14.0. The predicted molar refractivity (Wildman–Crippen MR) is 136 cm³/mol. The number of nitrogens with one attached hydrogen (secondary N) is 1. The summed E-state index contributed by atoms with van der Waals surface area (Å²) >= 11 is 0. The van der Waals surface area contributed by atoms with Crippen molar-refractivity contribution in [1.29, 1.82) is 0 Å². The first kappa shape index (κ1) is 27.7. The van der Waals surface area contributed by atoms with E-state index < -0.39 is 10.0 Å². The molecule has 176 valence electrons. The highest BCUT2D eigenvalue weighted by atomic mass is 127. The molecule has 8 nitrogen and oxygen atoms in total. The molecule has 1 aromatic rings. The van der Waals surface area contributed by atoms with E-state index >= 15 is 0 Å². The minimum Gasteiger partial charge on any atom is -0.489 e. The number of sulfonamides is 1. The number of hydrogen-bond acceptors (Lipinski definition) is 5. The van der Waals surface area contributed by atoms with Crippen molar-refractivity contribution in [3.8, 4) is 5.75 Å². The fourth-order valence-corrected chi connectivity index (χ4v) is 4.43. The van der Waals surface area contributed by atoms with Crippen molar-refractivity contribution in [3.05, 3.63) is 42.5 Å². The standard InChI is InChI=1S/C21H34N4O4S.HI/c1-5-14-29-20-9-7-6-8-19(20)17-23-21(22-4)24-10-12-25(13-11-24)30(26,27)16-15-28-18(2)3;/h5-9,18H,1,10-17H2,2-4H3,(H,22,23);1H. The van der Waals surface area contributed by atoms with E-state index in [2.05, 4.69) is 21.8 Å². The van der Waals surface area contributed by atoms with E-state index in [1.165, 1.54) is 0 Å². The summed E-state index contributed by atoms with van der Waals surface area (Å²) in [7, 11) is -1.58. The average molecular weight is 567 g/mol. The van der Waals surface area contributed by atoms with Gasteiger partial charge in [0.25, 0.3) is 0 Å². The summed E-state index contributed by atoms with van der Waals surface area (Å²) in [5, 5.41) is 3.35. The number of guanidine groups is 1. The smallest absolute Gasteiger partial charge is 0.216 e. The molecule has 0 atom stereocenters. The van der Waals surface area contributed by atoms with Gasteiger partial charge in [-0.1, -0.05) is 30.9 Å². The quantitative estimate of drug-likeness (QED) is 0.203. The Bertz CT molecular complexity index is 809. The summed E-state index contributed by atoms with van der Waals surface area (Å²) in [5.74, 6) is 1.56. The number of halogens is 1. The molecule has 0 aliphatic carbocycles. The van der Waals surface area contributed by atoms with E-state index in [1.54, 1.807) is 17.4 Å². The molecule has 10 heteroatoms. The van der Waals surface area contributed by atoms with Gasteiger partial charge in [0, 0.05) is 45.3 Å². The summed E-state index contributed by atoms with van der Waals surface area (Å²) in [6.45, 7) is 10.7. The number of rotatable bonds is 10.